The molecule has 38 heavy (non-hydrogen) atoms. The van der Waals surface area contributed by atoms with Crippen LogP contribution in [0.1, 0.15) is 25.8 Å². The minimum absolute atomic E-state index is 0.0152. The van der Waals surface area contributed by atoms with E-state index in [1.54, 1.807) is 0 Å². The van der Waals surface area contributed by atoms with Crippen molar-refractivity contribution in [2.24, 2.45) is 5.41 Å². The summed E-state index contributed by atoms with van der Waals surface area (Å²) in [5.74, 6) is -3.46. The maximum absolute atomic E-state index is 14.5. The normalized spacial score (nSPS) is 16.1. The maximum Gasteiger partial charge on any atom is 0.416 e. The van der Waals surface area contributed by atoms with Crippen LogP contribution in [0, 0.1) is 17.0 Å². The number of anilines is 1. The number of hydrogen-bond donors (Lipinski definition) is 1. The van der Waals surface area contributed by atoms with Gasteiger partial charge in [0, 0.05) is 12.0 Å². The molecule has 0 aliphatic carbocycles. The van der Waals surface area contributed by atoms with Crippen molar-refractivity contribution in [3.05, 3.63) is 77.9 Å². The number of benzene rings is 3. The number of ether oxygens (including phenoxy) is 1. The van der Waals surface area contributed by atoms with Crippen LogP contribution in [0.2, 0.25) is 0 Å². The van der Waals surface area contributed by atoms with Crippen molar-refractivity contribution in [2.45, 2.75) is 37.4 Å². The second kappa shape index (κ2) is 9.57. The van der Waals surface area contributed by atoms with E-state index in [2.05, 4.69) is 0 Å². The lowest BCUT2D eigenvalue weighted by molar-refractivity contribution is -0.148. The summed E-state index contributed by atoms with van der Waals surface area (Å²) in [6.07, 6.45) is -5.91. The van der Waals surface area contributed by atoms with Crippen LogP contribution in [0.25, 0.3) is 11.1 Å². The zero-order valence-electron chi connectivity index (χ0n) is 20.1. The fourth-order valence-electron chi connectivity index (χ4n) is 4.16. The largest absolute Gasteiger partial charge is 0.486 e. The molecule has 0 fully saturated rings. The average molecular weight is 556 g/mol. The van der Waals surface area contributed by atoms with E-state index < -0.39 is 62.3 Å². The Hall–Kier alpha value is -3.67. The van der Waals surface area contributed by atoms with Crippen LogP contribution in [0.4, 0.5) is 27.6 Å². The number of carboxylic acids is 1. The number of hydrogen-bond acceptors (Lipinski definition) is 4. The molecule has 1 N–H and O–H groups in total. The van der Waals surface area contributed by atoms with E-state index in [1.165, 1.54) is 44.2 Å². The van der Waals surface area contributed by atoms with Crippen LogP contribution in [-0.2, 0) is 21.0 Å². The minimum atomic E-state index is -4.80. The minimum Gasteiger partial charge on any atom is -0.486 e. The lowest BCUT2D eigenvalue weighted by atomic mass is 9.86. The number of rotatable bonds is 6. The molecular weight excluding hydrogens is 533 g/mol. The highest BCUT2D eigenvalue weighted by Crippen LogP contribution is 2.42. The molecule has 0 amide bonds. The number of nitrogens with zero attached hydrogens (tertiary/aromatic N) is 1. The Balaban J connectivity index is 1.86. The van der Waals surface area contributed by atoms with E-state index in [0.29, 0.717) is 6.07 Å². The first-order chi connectivity index (χ1) is 17.6. The van der Waals surface area contributed by atoms with Gasteiger partial charge in [0.1, 0.15) is 11.9 Å². The van der Waals surface area contributed by atoms with Gasteiger partial charge in [0.25, 0.3) is 10.0 Å². The van der Waals surface area contributed by atoms with E-state index in [0.717, 1.165) is 28.6 Å². The second-order valence-corrected chi connectivity index (χ2v) is 11.3. The number of halogens is 5. The van der Waals surface area contributed by atoms with E-state index in [4.69, 9.17) is 4.74 Å². The van der Waals surface area contributed by atoms with Crippen LogP contribution >= 0.6 is 0 Å². The van der Waals surface area contributed by atoms with Crippen molar-refractivity contribution in [3.63, 3.8) is 0 Å². The molecular formula is C26H22F5NO5S. The summed E-state index contributed by atoms with van der Waals surface area (Å²) in [5.41, 5.74) is -2.69. The molecule has 1 heterocycles. The Morgan fingerprint density at radius 2 is 1.74 bits per heavy atom. The first-order valence-electron chi connectivity index (χ1n) is 11.3. The average Bonchev–Trinajstić information content (AvgIpc) is 2.84. The van der Waals surface area contributed by atoms with Crippen LogP contribution in [0.15, 0.2) is 65.6 Å². The summed E-state index contributed by atoms with van der Waals surface area (Å²) >= 11 is 0. The number of carboxylic acid groups (broad SMARTS) is 1. The molecule has 0 unspecified atom stereocenters. The molecule has 3 aromatic carbocycles. The fraction of sp³-hybridized carbons (Fsp3) is 0.269. The summed E-state index contributed by atoms with van der Waals surface area (Å²) in [5, 5.41) is 9.53. The van der Waals surface area contributed by atoms with Gasteiger partial charge in [-0.2, -0.15) is 13.2 Å². The molecule has 12 heteroatoms. The first-order valence-corrected chi connectivity index (χ1v) is 12.7. The number of aliphatic carboxylic acids is 1. The lowest BCUT2D eigenvalue weighted by Gasteiger charge is -2.38. The Morgan fingerprint density at radius 3 is 2.39 bits per heavy atom. The predicted octanol–water partition coefficient (Wildman–Crippen LogP) is 6.11. The summed E-state index contributed by atoms with van der Waals surface area (Å²) < 4.78 is 102. The third-order valence-electron chi connectivity index (χ3n) is 6.22. The molecule has 1 aliphatic heterocycles. The second-order valence-electron chi connectivity index (χ2n) is 9.48. The van der Waals surface area contributed by atoms with Gasteiger partial charge in [-0.05, 0) is 55.8 Å². The van der Waals surface area contributed by atoms with Crippen LogP contribution in [0.3, 0.4) is 0 Å². The molecule has 0 saturated carbocycles. The molecule has 0 spiro atoms. The van der Waals surface area contributed by atoms with Crippen molar-refractivity contribution in [2.75, 3.05) is 10.8 Å². The van der Waals surface area contributed by atoms with Gasteiger partial charge in [-0.25, -0.2) is 17.2 Å². The van der Waals surface area contributed by atoms with Gasteiger partial charge in [0.15, 0.2) is 11.6 Å². The van der Waals surface area contributed by atoms with Crippen molar-refractivity contribution < 1.29 is 45.0 Å². The highest BCUT2D eigenvalue weighted by atomic mass is 32.2. The zero-order valence-corrected chi connectivity index (χ0v) is 20.9. The van der Waals surface area contributed by atoms with Gasteiger partial charge >= 0.3 is 12.1 Å². The number of fused-ring (bicyclic) bond motifs is 1. The number of carbonyl (C=O) groups is 1. The standard InChI is InChI=1S/C26H22F5NO5S/c1-25(2,24(33)34)13-17-14-32(38(35,36)18-6-3-5-16(12-18)26(29,30)31)21-11-15(9-10-22(21)37-17)19-7-4-8-20(27)23(19)28/h3-12,17H,13-14H2,1-2H3,(H,33,34)/t17-/m0/s1. The van der Waals surface area contributed by atoms with E-state index in [9.17, 15) is 40.3 Å². The molecule has 0 saturated heterocycles. The van der Waals surface area contributed by atoms with Crippen molar-refractivity contribution in [1.29, 1.82) is 0 Å². The summed E-state index contributed by atoms with van der Waals surface area (Å²) in [7, 11) is -4.65. The molecule has 0 bridgehead atoms. The van der Waals surface area contributed by atoms with Crippen molar-refractivity contribution in [1.82, 2.24) is 0 Å². The van der Waals surface area contributed by atoms with Gasteiger partial charge in [-0.1, -0.05) is 24.3 Å². The molecule has 3 aromatic rings. The zero-order chi connectivity index (χ0) is 28.0. The van der Waals surface area contributed by atoms with Gasteiger partial charge in [-0.15, -0.1) is 0 Å². The fourth-order valence-corrected chi connectivity index (χ4v) is 5.70. The first kappa shape index (κ1) is 27.4. The molecule has 202 valence electrons. The molecule has 4 rings (SSSR count). The van der Waals surface area contributed by atoms with Gasteiger partial charge in [0.05, 0.1) is 28.1 Å². The summed E-state index contributed by atoms with van der Waals surface area (Å²) in [6.45, 7) is 2.42. The van der Waals surface area contributed by atoms with Crippen molar-refractivity contribution in [3.8, 4) is 16.9 Å². The van der Waals surface area contributed by atoms with E-state index in [1.807, 2.05) is 0 Å². The number of alkyl halides is 3. The van der Waals surface area contributed by atoms with Gasteiger partial charge in [0.2, 0.25) is 0 Å². The maximum atomic E-state index is 14.5. The highest BCUT2D eigenvalue weighted by Gasteiger charge is 2.40. The molecule has 0 radical (unpaired) electrons. The van der Waals surface area contributed by atoms with Crippen LogP contribution in [0.5, 0.6) is 5.75 Å². The molecule has 1 aliphatic rings. The molecule has 6 nitrogen and oxygen atoms in total. The highest BCUT2D eigenvalue weighted by molar-refractivity contribution is 7.92. The quantitative estimate of drug-likeness (QED) is 0.371. The van der Waals surface area contributed by atoms with E-state index in [-0.39, 0.29) is 29.0 Å². The Morgan fingerprint density at radius 1 is 1.05 bits per heavy atom. The Kier molecular flexibility index (Phi) is 6.89. The Labute approximate surface area is 215 Å². The van der Waals surface area contributed by atoms with Crippen LogP contribution in [-0.4, -0.2) is 32.1 Å². The van der Waals surface area contributed by atoms with Gasteiger partial charge < -0.3 is 9.84 Å². The molecule has 1 atom stereocenters. The van der Waals surface area contributed by atoms with E-state index >= 15 is 0 Å². The monoisotopic (exact) mass is 555 g/mol. The lowest BCUT2D eigenvalue weighted by Crippen LogP contribution is -2.46. The topological polar surface area (TPSA) is 83.9 Å². The summed E-state index contributed by atoms with van der Waals surface area (Å²) in [6, 6.07) is 10.6. The van der Waals surface area contributed by atoms with Crippen molar-refractivity contribution >= 4 is 21.7 Å². The number of sulfonamides is 1. The summed E-state index contributed by atoms with van der Waals surface area (Å²) in [4.78, 5) is 11.0. The van der Waals surface area contributed by atoms with Crippen LogP contribution < -0.4 is 9.04 Å². The Bertz CT molecular complexity index is 1500. The third-order valence-corrected chi connectivity index (χ3v) is 8.00. The van der Waals surface area contributed by atoms with Gasteiger partial charge in [-0.3, -0.25) is 9.10 Å². The molecule has 0 aromatic heterocycles. The SMILES string of the molecule is CC(C)(C[C@H]1CN(S(=O)(=O)c2cccc(C(F)(F)F)c2)c2cc(-c3cccc(F)c3F)ccc2O1)C(=O)O. The third kappa shape index (κ3) is 5.17. The predicted molar refractivity (Wildman–Crippen MR) is 128 cm³/mol. The smallest absolute Gasteiger partial charge is 0.416 e.